The molecule has 1 unspecified atom stereocenters. The highest BCUT2D eigenvalue weighted by Gasteiger charge is 2.25. The number of aliphatic hydroxyl groups excluding tert-OH is 1. The first kappa shape index (κ1) is 14.3. The van der Waals surface area contributed by atoms with E-state index in [0.717, 1.165) is 42.9 Å². The van der Waals surface area contributed by atoms with Crippen molar-refractivity contribution in [1.82, 2.24) is 10.1 Å². The largest absolute Gasteiger partial charge is 0.396 e. The molecule has 1 aromatic heterocycles. The van der Waals surface area contributed by atoms with Gasteiger partial charge >= 0.3 is 0 Å². The third-order valence-electron chi connectivity index (χ3n) is 4.18. The SMILES string of the molecule is OCCCC1CCCN1Cc1cc(-c2ccccc2)no1. The number of hydrogen-bond acceptors (Lipinski definition) is 4. The second kappa shape index (κ2) is 6.87. The Balaban J connectivity index is 1.64. The number of hydrogen-bond donors (Lipinski definition) is 1. The Morgan fingerprint density at radius 3 is 2.95 bits per heavy atom. The molecule has 0 saturated carbocycles. The molecule has 1 N–H and O–H groups in total. The average molecular weight is 286 g/mol. The van der Waals surface area contributed by atoms with Crippen molar-refractivity contribution in [3.8, 4) is 11.3 Å². The molecule has 0 amide bonds. The van der Waals surface area contributed by atoms with Crippen LogP contribution in [0.25, 0.3) is 11.3 Å². The summed E-state index contributed by atoms with van der Waals surface area (Å²) in [6, 6.07) is 12.7. The molecule has 1 aliphatic heterocycles. The molecule has 1 aromatic carbocycles. The lowest BCUT2D eigenvalue weighted by Gasteiger charge is -2.22. The third kappa shape index (κ3) is 3.52. The molecule has 1 saturated heterocycles. The van der Waals surface area contributed by atoms with Gasteiger partial charge in [0.05, 0.1) is 6.54 Å². The minimum Gasteiger partial charge on any atom is -0.396 e. The van der Waals surface area contributed by atoms with Gasteiger partial charge in [0.15, 0.2) is 5.76 Å². The van der Waals surface area contributed by atoms with Gasteiger partial charge in [-0.15, -0.1) is 0 Å². The van der Waals surface area contributed by atoms with Gasteiger partial charge < -0.3 is 9.63 Å². The van der Waals surface area contributed by atoms with Crippen molar-refractivity contribution in [1.29, 1.82) is 0 Å². The molecule has 1 fully saturated rings. The van der Waals surface area contributed by atoms with Gasteiger partial charge in [-0.3, -0.25) is 4.90 Å². The molecule has 2 aromatic rings. The highest BCUT2D eigenvalue weighted by atomic mass is 16.5. The van der Waals surface area contributed by atoms with Crippen molar-refractivity contribution in [3.63, 3.8) is 0 Å². The first-order valence-corrected chi connectivity index (χ1v) is 7.73. The van der Waals surface area contributed by atoms with Crippen molar-refractivity contribution in [2.45, 2.75) is 38.3 Å². The monoisotopic (exact) mass is 286 g/mol. The van der Waals surface area contributed by atoms with E-state index in [4.69, 9.17) is 9.63 Å². The fourth-order valence-corrected chi connectivity index (χ4v) is 3.09. The van der Waals surface area contributed by atoms with Gasteiger partial charge in [-0.05, 0) is 32.2 Å². The molecule has 4 heteroatoms. The number of nitrogens with zero attached hydrogens (tertiary/aromatic N) is 2. The van der Waals surface area contributed by atoms with Crippen LogP contribution in [0.3, 0.4) is 0 Å². The van der Waals surface area contributed by atoms with E-state index in [-0.39, 0.29) is 6.61 Å². The maximum absolute atomic E-state index is 8.98. The molecular formula is C17H22N2O2. The van der Waals surface area contributed by atoms with E-state index in [0.29, 0.717) is 6.04 Å². The quantitative estimate of drug-likeness (QED) is 0.886. The Morgan fingerprint density at radius 1 is 1.29 bits per heavy atom. The molecular weight excluding hydrogens is 264 g/mol. The van der Waals surface area contributed by atoms with E-state index in [1.54, 1.807) is 0 Å². The van der Waals surface area contributed by atoms with Crippen molar-refractivity contribution in [2.24, 2.45) is 0 Å². The number of rotatable bonds is 6. The molecule has 1 atom stereocenters. The van der Waals surface area contributed by atoms with Crippen molar-refractivity contribution < 1.29 is 9.63 Å². The standard InChI is InChI=1S/C17H22N2O2/c20-11-5-9-15-8-4-10-19(15)13-16-12-17(18-21-16)14-6-2-1-3-7-14/h1-3,6-7,12,15,20H,4-5,8-11,13H2. The molecule has 0 spiro atoms. The zero-order valence-electron chi connectivity index (χ0n) is 12.2. The van der Waals surface area contributed by atoms with Gasteiger partial charge in [-0.25, -0.2) is 0 Å². The third-order valence-corrected chi connectivity index (χ3v) is 4.18. The number of aliphatic hydroxyl groups is 1. The summed E-state index contributed by atoms with van der Waals surface area (Å²) in [6.45, 7) is 2.21. The van der Waals surface area contributed by atoms with Gasteiger partial charge in [-0.1, -0.05) is 35.5 Å². The topological polar surface area (TPSA) is 49.5 Å². The van der Waals surface area contributed by atoms with Crippen molar-refractivity contribution in [3.05, 3.63) is 42.2 Å². The molecule has 0 radical (unpaired) electrons. The van der Waals surface area contributed by atoms with Gasteiger partial charge in [-0.2, -0.15) is 0 Å². The van der Waals surface area contributed by atoms with Crippen molar-refractivity contribution >= 4 is 0 Å². The van der Waals surface area contributed by atoms with Crippen LogP contribution in [0.4, 0.5) is 0 Å². The summed E-state index contributed by atoms with van der Waals surface area (Å²) in [4.78, 5) is 2.45. The Kier molecular flexibility index (Phi) is 4.68. The maximum atomic E-state index is 8.98. The van der Waals surface area contributed by atoms with Gasteiger partial charge in [0.2, 0.25) is 0 Å². The maximum Gasteiger partial charge on any atom is 0.151 e. The Bertz CT molecular complexity index is 553. The summed E-state index contributed by atoms with van der Waals surface area (Å²) >= 11 is 0. The molecule has 112 valence electrons. The van der Waals surface area contributed by atoms with Crippen LogP contribution in [0.5, 0.6) is 0 Å². The minimum atomic E-state index is 0.283. The van der Waals surface area contributed by atoms with Crippen LogP contribution in [-0.2, 0) is 6.54 Å². The predicted molar refractivity (Wildman–Crippen MR) is 81.7 cm³/mol. The zero-order chi connectivity index (χ0) is 14.5. The summed E-state index contributed by atoms with van der Waals surface area (Å²) in [5.41, 5.74) is 1.99. The van der Waals surface area contributed by atoms with Crippen LogP contribution in [0.2, 0.25) is 0 Å². The number of aromatic nitrogens is 1. The lowest BCUT2D eigenvalue weighted by molar-refractivity contribution is 0.192. The second-order valence-electron chi connectivity index (χ2n) is 5.68. The molecule has 1 aliphatic rings. The van der Waals surface area contributed by atoms with Gasteiger partial charge in [0, 0.05) is 24.3 Å². The van der Waals surface area contributed by atoms with Gasteiger partial charge in [0.25, 0.3) is 0 Å². The van der Waals surface area contributed by atoms with Crippen LogP contribution >= 0.6 is 0 Å². The normalized spacial score (nSPS) is 19.2. The lowest BCUT2D eigenvalue weighted by atomic mass is 10.1. The first-order valence-electron chi connectivity index (χ1n) is 7.73. The minimum absolute atomic E-state index is 0.283. The number of benzene rings is 1. The van der Waals surface area contributed by atoms with Crippen LogP contribution < -0.4 is 0 Å². The van der Waals surface area contributed by atoms with Crippen LogP contribution in [0, 0.1) is 0 Å². The summed E-state index contributed by atoms with van der Waals surface area (Å²) in [7, 11) is 0. The zero-order valence-corrected chi connectivity index (χ0v) is 12.2. The van der Waals surface area contributed by atoms with Crippen LogP contribution in [0.15, 0.2) is 40.9 Å². The van der Waals surface area contributed by atoms with E-state index >= 15 is 0 Å². The molecule has 3 rings (SSSR count). The Labute approximate surface area is 125 Å². The van der Waals surface area contributed by atoms with E-state index in [1.165, 1.54) is 12.8 Å². The van der Waals surface area contributed by atoms with Crippen molar-refractivity contribution in [2.75, 3.05) is 13.2 Å². The Hall–Kier alpha value is -1.65. The summed E-state index contributed by atoms with van der Waals surface area (Å²) in [6.07, 6.45) is 4.40. The molecule has 21 heavy (non-hydrogen) atoms. The summed E-state index contributed by atoms with van der Waals surface area (Å²) in [5.74, 6) is 0.921. The molecule has 4 nitrogen and oxygen atoms in total. The van der Waals surface area contributed by atoms with E-state index in [2.05, 4.69) is 10.1 Å². The number of likely N-dealkylation sites (tertiary alicyclic amines) is 1. The predicted octanol–water partition coefficient (Wildman–Crippen LogP) is 3.08. The van der Waals surface area contributed by atoms with Crippen LogP contribution in [0.1, 0.15) is 31.4 Å². The fourth-order valence-electron chi connectivity index (χ4n) is 3.09. The average Bonchev–Trinajstić information content (AvgIpc) is 3.16. The molecule has 0 bridgehead atoms. The summed E-state index contributed by atoms with van der Waals surface area (Å²) < 4.78 is 5.49. The molecule has 2 heterocycles. The lowest BCUT2D eigenvalue weighted by Crippen LogP contribution is -2.28. The van der Waals surface area contributed by atoms with E-state index < -0.39 is 0 Å². The van der Waals surface area contributed by atoms with E-state index in [9.17, 15) is 0 Å². The fraction of sp³-hybridized carbons (Fsp3) is 0.471. The highest BCUT2D eigenvalue weighted by molar-refractivity contribution is 5.58. The Morgan fingerprint density at radius 2 is 2.14 bits per heavy atom. The van der Waals surface area contributed by atoms with Crippen LogP contribution in [-0.4, -0.2) is 34.4 Å². The summed E-state index contributed by atoms with van der Waals surface area (Å²) in [5, 5.41) is 13.2. The second-order valence-corrected chi connectivity index (χ2v) is 5.68. The first-order chi connectivity index (χ1) is 10.4. The smallest absolute Gasteiger partial charge is 0.151 e. The van der Waals surface area contributed by atoms with Gasteiger partial charge in [0.1, 0.15) is 5.69 Å². The molecule has 0 aliphatic carbocycles. The van der Waals surface area contributed by atoms with E-state index in [1.807, 2.05) is 36.4 Å². The highest BCUT2D eigenvalue weighted by Crippen LogP contribution is 2.25.